The molecule has 2 N–H and O–H groups in total. The molecule has 13 aromatic carbocycles. The van der Waals surface area contributed by atoms with E-state index in [0.29, 0.717) is 66.7 Å². The molecule has 2 heterocycles. The van der Waals surface area contributed by atoms with Crippen molar-refractivity contribution < 1.29 is 47.7 Å². The quantitative estimate of drug-likeness (QED) is 0.0425. The molecule has 0 aromatic heterocycles. The maximum Gasteiger partial charge on any atom is 0.262 e. The van der Waals surface area contributed by atoms with Crippen molar-refractivity contribution >= 4 is 111 Å². The first-order chi connectivity index (χ1) is 49.3. The van der Waals surface area contributed by atoms with Crippen LogP contribution in [0.1, 0.15) is 169 Å². The third kappa shape index (κ3) is 11.4. The number of nitrogens with one attached hydrogen (secondary N) is 2. The van der Waals surface area contributed by atoms with E-state index in [1.165, 1.54) is 0 Å². The zero-order valence-electron chi connectivity index (χ0n) is 58.5. The zero-order valence-corrected chi connectivity index (χ0v) is 58.5. The Kier molecular flexibility index (Phi) is 17.0. The fourth-order valence-electron chi connectivity index (χ4n) is 14.7. The highest BCUT2D eigenvalue weighted by atomic mass is 16.5. The second-order valence-corrected chi connectivity index (χ2v) is 27.8. The normalized spacial score (nSPS) is 13.7. The molecule has 0 bridgehead atoms. The number of hydrogen-bond acceptors (Lipinski definition) is 10. The number of imide groups is 2. The third-order valence-corrected chi connectivity index (χ3v) is 20.2. The highest BCUT2D eigenvalue weighted by molar-refractivity contribution is 6.45. The van der Waals surface area contributed by atoms with E-state index in [2.05, 4.69) is 66.0 Å². The minimum Gasteiger partial charge on any atom is -0.457 e. The standard InChI is InChI=1S/C88H76N4O10/c1-11-69(83(93)89-67-25-17-21-55-19-13-15-23-61(55)67)91-85(95)63-43-71(99-57-35-27-51(28-36-57)47(3)4)77-79-73(101-59-39-31-53(32-40-59)49(7)8)45-65-76-66(88(98)92(87(65)97)70(12-2)84(94)90-68-26-18-22-56-20-14-16-24-62(56)68)46-74(102-60-41-33-54(34-42-60)50(9)10)80(82(76)79)78-72(44-64(86(91)96)75(63)81(77)78)100-58-37-29-52(30-38-58)48(5)6/h13-50,69-70H,11-12H2,1-10H3,(H,89,93)(H,90,94). The van der Waals surface area contributed by atoms with Crippen LogP contribution in [0.2, 0.25) is 0 Å². The second kappa shape index (κ2) is 26.3. The van der Waals surface area contributed by atoms with Crippen LogP contribution < -0.4 is 29.6 Å². The lowest BCUT2D eigenvalue weighted by Crippen LogP contribution is -2.52. The number of hydrogen-bond donors (Lipinski definition) is 2. The van der Waals surface area contributed by atoms with Crippen molar-refractivity contribution in [2.45, 2.75) is 118 Å². The average molecular weight is 1350 g/mol. The van der Waals surface area contributed by atoms with Crippen LogP contribution in [0.5, 0.6) is 46.0 Å². The zero-order chi connectivity index (χ0) is 71.1. The van der Waals surface area contributed by atoms with E-state index in [-0.39, 0.29) is 92.5 Å². The fourth-order valence-corrected chi connectivity index (χ4v) is 14.7. The van der Waals surface area contributed by atoms with Gasteiger partial charge in [0.05, 0.1) is 22.3 Å². The number of rotatable bonds is 20. The predicted molar refractivity (Wildman–Crippen MR) is 404 cm³/mol. The summed E-state index contributed by atoms with van der Waals surface area (Å²) in [5, 5.41) is 11.9. The van der Waals surface area contributed by atoms with Gasteiger partial charge in [0, 0.05) is 65.2 Å². The van der Waals surface area contributed by atoms with E-state index in [9.17, 15) is 0 Å². The van der Waals surface area contributed by atoms with Gasteiger partial charge in [-0.05, 0) is 154 Å². The number of benzene rings is 13. The lowest BCUT2D eigenvalue weighted by Gasteiger charge is -2.35. The van der Waals surface area contributed by atoms with Crippen molar-refractivity contribution in [3.8, 4) is 46.0 Å². The molecule has 0 radical (unpaired) electrons. The van der Waals surface area contributed by atoms with Crippen LogP contribution in [0, 0.1) is 0 Å². The van der Waals surface area contributed by atoms with Gasteiger partial charge in [0.25, 0.3) is 23.6 Å². The summed E-state index contributed by atoms with van der Waals surface area (Å²) in [4.78, 5) is 97.6. The van der Waals surface area contributed by atoms with E-state index in [1.807, 2.05) is 170 Å². The van der Waals surface area contributed by atoms with E-state index < -0.39 is 47.5 Å². The van der Waals surface area contributed by atoms with E-state index in [1.54, 1.807) is 50.2 Å². The van der Waals surface area contributed by atoms with Gasteiger partial charge < -0.3 is 29.6 Å². The van der Waals surface area contributed by atoms with Gasteiger partial charge in [0.15, 0.2) is 0 Å². The van der Waals surface area contributed by atoms with Crippen molar-refractivity contribution in [3.05, 3.63) is 251 Å². The van der Waals surface area contributed by atoms with Gasteiger partial charge in [-0.1, -0.05) is 191 Å². The Morgan fingerprint density at radius 1 is 0.324 bits per heavy atom. The van der Waals surface area contributed by atoms with Gasteiger partial charge in [-0.15, -0.1) is 0 Å². The molecule has 102 heavy (non-hydrogen) atoms. The summed E-state index contributed by atoms with van der Waals surface area (Å²) >= 11 is 0. The molecule has 0 fully saturated rings. The summed E-state index contributed by atoms with van der Waals surface area (Å²) in [5.74, 6) is -1.45. The smallest absolute Gasteiger partial charge is 0.262 e. The van der Waals surface area contributed by atoms with Crippen LogP contribution in [-0.4, -0.2) is 57.3 Å². The number of carbonyl (C=O) groups is 6. The number of amides is 6. The van der Waals surface area contributed by atoms with Crippen molar-refractivity contribution in [2.75, 3.05) is 10.6 Å². The molecule has 0 saturated heterocycles. The summed E-state index contributed by atoms with van der Waals surface area (Å²) < 4.78 is 29.2. The van der Waals surface area contributed by atoms with Gasteiger partial charge >= 0.3 is 0 Å². The minimum absolute atomic E-state index is 0.0420. The van der Waals surface area contributed by atoms with Crippen LogP contribution >= 0.6 is 0 Å². The van der Waals surface area contributed by atoms with Gasteiger partial charge in [-0.2, -0.15) is 0 Å². The van der Waals surface area contributed by atoms with E-state index >= 15 is 28.8 Å². The number of fused-ring (bicyclic) bond motifs is 4. The molecule has 15 rings (SSSR count). The Morgan fingerprint density at radius 2 is 0.578 bits per heavy atom. The van der Waals surface area contributed by atoms with Gasteiger partial charge in [-0.25, -0.2) is 0 Å². The van der Waals surface area contributed by atoms with Crippen molar-refractivity contribution in [3.63, 3.8) is 0 Å². The Bertz CT molecular complexity index is 4990. The largest absolute Gasteiger partial charge is 0.457 e. The molecular formula is C88H76N4O10. The van der Waals surface area contributed by atoms with Crippen LogP contribution in [0.25, 0.3) is 64.6 Å². The molecule has 508 valence electrons. The number of ether oxygens (including phenoxy) is 4. The van der Waals surface area contributed by atoms with Crippen LogP contribution in [0.4, 0.5) is 11.4 Å². The number of carbonyl (C=O) groups excluding carboxylic acids is 6. The van der Waals surface area contributed by atoms with Crippen LogP contribution in [-0.2, 0) is 9.59 Å². The molecule has 6 amide bonds. The molecule has 0 spiro atoms. The first kappa shape index (κ1) is 66.0. The highest BCUT2D eigenvalue weighted by Gasteiger charge is 2.46. The highest BCUT2D eigenvalue weighted by Crippen LogP contribution is 2.58. The van der Waals surface area contributed by atoms with Gasteiger partial charge in [0.2, 0.25) is 11.8 Å². The van der Waals surface area contributed by atoms with Gasteiger partial charge in [0.1, 0.15) is 58.1 Å². The van der Waals surface area contributed by atoms with Crippen molar-refractivity contribution in [1.29, 1.82) is 0 Å². The molecule has 0 aliphatic carbocycles. The molecule has 14 nitrogen and oxygen atoms in total. The maximum absolute atomic E-state index is 16.3. The Hall–Kier alpha value is -11.9. The summed E-state index contributed by atoms with van der Waals surface area (Å²) in [5.41, 5.74) is 5.38. The van der Waals surface area contributed by atoms with Crippen molar-refractivity contribution in [2.24, 2.45) is 0 Å². The molecule has 14 heteroatoms. The average Bonchev–Trinajstić information content (AvgIpc) is 0.671. The van der Waals surface area contributed by atoms with E-state index in [4.69, 9.17) is 18.9 Å². The summed E-state index contributed by atoms with van der Waals surface area (Å²) in [7, 11) is 0. The molecule has 2 aliphatic rings. The predicted octanol–water partition coefficient (Wildman–Crippen LogP) is 21.7. The Labute approximate surface area is 591 Å². The summed E-state index contributed by atoms with van der Waals surface area (Å²) in [6.45, 7) is 20.3. The maximum atomic E-state index is 16.3. The lowest BCUT2D eigenvalue weighted by atomic mass is 9.80. The molecule has 0 saturated carbocycles. The Balaban J connectivity index is 1.06. The summed E-state index contributed by atoms with van der Waals surface area (Å²) in [6.07, 6.45) is 0.0840. The monoisotopic (exact) mass is 1350 g/mol. The lowest BCUT2D eigenvalue weighted by molar-refractivity contribution is -0.120. The number of nitrogens with zero attached hydrogens (tertiary/aromatic N) is 2. The first-order valence-electron chi connectivity index (χ1n) is 35.1. The summed E-state index contributed by atoms with van der Waals surface area (Å²) in [6, 6.07) is 61.0. The molecule has 2 unspecified atom stereocenters. The van der Waals surface area contributed by atoms with Crippen molar-refractivity contribution in [1.82, 2.24) is 9.80 Å². The van der Waals surface area contributed by atoms with E-state index in [0.717, 1.165) is 53.6 Å². The fraction of sp³-hybridized carbons (Fsp3) is 0.205. The SMILES string of the molecule is CCC(C(=O)Nc1cccc2ccccc12)N1C(=O)c2cc(Oc3ccc(C(C)C)cc3)c3c4c(Oc5ccc(C(C)C)cc5)cc5c6c(cc(Oc7ccc(C(C)C)cc7)c(c7c(Oc8ccc(C(C)C)cc8)cc(c2c37)C1=O)c64)C(=O)N(C(CC)C(=O)Nc1cccc2ccccc12)C5=O. The second-order valence-electron chi connectivity index (χ2n) is 27.8. The minimum atomic E-state index is -1.33. The Morgan fingerprint density at radius 3 is 0.833 bits per heavy atom. The topological polar surface area (TPSA) is 170 Å². The third-order valence-electron chi connectivity index (χ3n) is 20.2. The molecule has 2 atom stereocenters. The first-order valence-corrected chi connectivity index (χ1v) is 35.1. The molecule has 2 aliphatic heterocycles. The molecule has 13 aromatic rings. The molecular weight excluding hydrogens is 1270 g/mol. The van der Waals surface area contributed by atoms with Crippen LogP contribution in [0.15, 0.2) is 206 Å². The number of anilines is 2. The van der Waals surface area contributed by atoms with Crippen LogP contribution in [0.3, 0.4) is 0 Å². The van der Waals surface area contributed by atoms with Gasteiger partial charge in [-0.3, -0.25) is 38.6 Å².